The molecule has 9 heteroatoms. The summed E-state index contributed by atoms with van der Waals surface area (Å²) < 4.78 is 24.6. The highest BCUT2D eigenvalue weighted by Gasteiger charge is 2.20. The first kappa shape index (κ1) is 20.5. The van der Waals surface area contributed by atoms with Crippen LogP contribution in [0.15, 0.2) is 47.4 Å². The van der Waals surface area contributed by atoms with E-state index >= 15 is 0 Å². The molecule has 2 aromatic carbocycles. The summed E-state index contributed by atoms with van der Waals surface area (Å²) in [6, 6.07) is 10.4. The van der Waals surface area contributed by atoms with Gasteiger partial charge in [-0.3, -0.25) is 20.3 Å². The number of amides is 1. The van der Waals surface area contributed by atoms with Gasteiger partial charge in [0, 0.05) is 17.2 Å². The number of carbonyl (C=O) groups excluding carboxylic acids is 1. The normalized spacial score (nSPS) is 11.2. The van der Waals surface area contributed by atoms with E-state index < -0.39 is 20.9 Å². The first-order valence-corrected chi connectivity index (χ1v) is 9.89. The van der Waals surface area contributed by atoms with Crippen LogP contribution in [0.1, 0.15) is 41.3 Å². The van der Waals surface area contributed by atoms with Crippen molar-refractivity contribution < 1.29 is 18.1 Å². The lowest BCUT2D eigenvalue weighted by Gasteiger charge is -2.09. The lowest BCUT2D eigenvalue weighted by molar-refractivity contribution is -0.385. The number of benzene rings is 2. The highest BCUT2D eigenvalue weighted by molar-refractivity contribution is 7.89. The van der Waals surface area contributed by atoms with Crippen molar-refractivity contribution in [1.29, 1.82) is 0 Å². The monoisotopic (exact) mass is 391 g/mol. The van der Waals surface area contributed by atoms with Gasteiger partial charge in [-0.05, 0) is 43.5 Å². The van der Waals surface area contributed by atoms with E-state index in [1.165, 1.54) is 19.1 Å². The molecule has 2 N–H and O–H groups in total. The zero-order chi connectivity index (χ0) is 20.0. The van der Waals surface area contributed by atoms with Crippen LogP contribution in [0.3, 0.4) is 0 Å². The fourth-order valence-corrected chi connectivity index (χ4v) is 3.26. The van der Waals surface area contributed by atoms with E-state index in [0.29, 0.717) is 11.1 Å². The summed E-state index contributed by atoms with van der Waals surface area (Å²) in [5.74, 6) is -0.623. The third-order valence-corrected chi connectivity index (χ3v) is 5.27. The van der Waals surface area contributed by atoms with Crippen LogP contribution in [0, 0.1) is 17.0 Å². The maximum Gasteiger partial charge on any atom is 0.273 e. The molecule has 0 atom stereocenters. The summed E-state index contributed by atoms with van der Waals surface area (Å²) in [6.45, 7) is 3.60. The van der Waals surface area contributed by atoms with Crippen LogP contribution in [-0.2, 0) is 16.4 Å². The first-order chi connectivity index (χ1) is 12.7. The van der Waals surface area contributed by atoms with Gasteiger partial charge in [-0.25, -0.2) is 8.42 Å². The second kappa shape index (κ2) is 8.74. The lowest BCUT2D eigenvalue weighted by atomic mass is 10.1. The van der Waals surface area contributed by atoms with Gasteiger partial charge in [0.25, 0.3) is 21.6 Å². The number of unbranched alkanes of at least 4 members (excludes halogenated alkanes) is 1. The van der Waals surface area contributed by atoms with Gasteiger partial charge in [0.1, 0.15) is 0 Å². The number of aryl methyl sites for hydroxylation is 2. The second-order valence-corrected chi connectivity index (χ2v) is 7.75. The third kappa shape index (κ3) is 5.35. The van der Waals surface area contributed by atoms with Gasteiger partial charge in [-0.1, -0.05) is 31.5 Å². The molecule has 0 radical (unpaired) electrons. The van der Waals surface area contributed by atoms with Gasteiger partial charge < -0.3 is 0 Å². The Morgan fingerprint density at radius 3 is 2.41 bits per heavy atom. The maximum atomic E-state index is 12.3. The Bertz CT molecular complexity index is 940. The molecular formula is C18H21N3O5S. The number of carbonyl (C=O) groups is 1. The van der Waals surface area contributed by atoms with Crippen molar-refractivity contribution in [3.8, 4) is 0 Å². The zero-order valence-electron chi connectivity index (χ0n) is 15.1. The predicted molar refractivity (Wildman–Crippen MR) is 101 cm³/mol. The molecule has 144 valence electrons. The number of hydrazine groups is 1. The summed E-state index contributed by atoms with van der Waals surface area (Å²) in [5, 5.41) is 11.0. The van der Waals surface area contributed by atoms with Crippen molar-refractivity contribution >= 4 is 21.6 Å². The Morgan fingerprint density at radius 1 is 1.15 bits per heavy atom. The molecule has 0 unspecified atom stereocenters. The summed E-state index contributed by atoms with van der Waals surface area (Å²) in [7, 11) is -4.14. The molecule has 0 aromatic heterocycles. The second-order valence-electron chi connectivity index (χ2n) is 6.07. The van der Waals surface area contributed by atoms with E-state index in [2.05, 4.69) is 12.3 Å². The number of nitro groups is 1. The van der Waals surface area contributed by atoms with Crippen molar-refractivity contribution in [3.63, 3.8) is 0 Å². The molecule has 0 spiro atoms. The first-order valence-electron chi connectivity index (χ1n) is 8.40. The van der Waals surface area contributed by atoms with Crippen LogP contribution >= 0.6 is 0 Å². The van der Waals surface area contributed by atoms with Crippen molar-refractivity contribution in [1.82, 2.24) is 10.3 Å². The lowest BCUT2D eigenvalue weighted by Crippen LogP contribution is -2.41. The zero-order valence-corrected chi connectivity index (χ0v) is 15.9. The van der Waals surface area contributed by atoms with E-state index in [-0.39, 0.29) is 10.6 Å². The van der Waals surface area contributed by atoms with E-state index in [9.17, 15) is 23.3 Å². The molecule has 0 fully saturated rings. The fraction of sp³-hybridized carbons (Fsp3) is 0.278. The Hall–Kier alpha value is -2.78. The third-order valence-electron chi connectivity index (χ3n) is 4.02. The van der Waals surface area contributed by atoms with E-state index in [4.69, 9.17) is 0 Å². The molecular weight excluding hydrogens is 370 g/mol. The Balaban J connectivity index is 2.07. The fourth-order valence-electron chi connectivity index (χ4n) is 2.40. The highest BCUT2D eigenvalue weighted by Crippen LogP contribution is 2.21. The predicted octanol–water partition coefficient (Wildman–Crippen LogP) is 2.87. The number of nitro benzene ring substituents is 1. The van der Waals surface area contributed by atoms with Crippen molar-refractivity contribution in [3.05, 3.63) is 69.3 Å². The number of rotatable bonds is 8. The summed E-state index contributed by atoms with van der Waals surface area (Å²) in [5.41, 5.74) is 3.54. The average molecular weight is 391 g/mol. The van der Waals surface area contributed by atoms with Crippen LogP contribution in [0.2, 0.25) is 0 Å². The molecule has 0 aliphatic rings. The van der Waals surface area contributed by atoms with Crippen molar-refractivity contribution in [2.75, 3.05) is 0 Å². The summed E-state index contributed by atoms with van der Waals surface area (Å²) >= 11 is 0. The van der Waals surface area contributed by atoms with Gasteiger partial charge in [0.2, 0.25) is 0 Å². The molecule has 1 amide bonds. The van der Waals surface area contributed by atoms with Crippen LogP contribution in [0.5, 0.6) is 0 Å². The summed E-state index contributed by atoms with van der Waals surface area (Å²) in [4.78, 5) is 24.1. The van der Waals surface area contributed by atoms with Gasteiger partial charge in [-0.15, -0.1) is 4.83 Å². The van der Waals surface area contributed by atoms with Gasteiger partial charge >= 0.3 is 0 Å². The van der Waals surface area contributed by atoms with Crippen LogP contribution in [0.4, 0.5) is 5.69 Å². The maximum absolute atomic E-state index is 12.3. The molecule has 2 aromatic rings. The molecule has 0 aliphatic carbocycles. The Labute approximate surface area is 157 Å². The van der Waals surface area contributed by atoms with Gasteiger partial charge in [0.05, 0.1) is 9.82 Å². The molecule has 0 saturated heterocycles. The van der Waals surface area contributed by atoms with E-state index in [1.54, 1.807) is 12.1 Å². The Morgan fingerprint density at radius 2 is 1.81 bits per heavy atom. The van der Waals surface area contributed by atoms with Crippen LogP contribution in [-0.4, -0.2) is 19.2 Å². The van der Waals surface area contributed by atoms with Crippen LogP contribution in [0.25, 0.3) is 0 Å². The minimum atomic E-state index is -4.14. The molecule has 8 nitrogen and oxygen atoms in total. The van der Waals surface area contributed by atoms with Gasteiger partial charge in [0.15, 0.2) is 0 Å². The minimum absolute atomic E-state index is 0.299. The number of hydrogen-bond acceptors (Lipinski definition) is 5. The SMILES string of the molecule is CCCCc1ccc(C(=O)NNS(=O)(=O)c2ccc(C)c([N+](=O)[O-])c2)cc1. The largest absolute Gasteiger partial charge is 0.273 e. The molecule has 27 heavy (non-hydrogen) atoms. The number of nitrogens with zero attached hydrogens (tertiary/aromatic N) is 1. The summed E-state index contributed by atoms with van der Waals surface area (Å²) in [6.07, 6.45) is 3.03. The highest BCUT2D eigenvalue weighted by atomic mass is 32.2. The van der Waals surface area contributed by atoms with Crippen molar-refractivity contribution in [2.45, 2.75) is 38.0 Å². The van der Waals surface area contributed by atoms with Crippen LogP contribution < -0.4 is 10.3 Å². The quantitative estimate of drug-likeness (QED) is 0.530. The topological polar surface area (TPSA) is 118 Å². The number of sulfonamides is 1. The smallest absolute Gasteiger partial charge is 0.273 e. The van der Waals surface area contributed by atoms with E-state index in [0.717, 1.165) is 30.9 Å². The molecule has 0 bridgehead atoms. The average Bonchev–Trinajstić information content (AvgIpc) is 2.65. The van der Waals surface area contributed by atoms with Crippen molar-refractivity contribution in [2.24, 2.45) is 0 Å². The standard InChI is InChI=1S/C18H21N3O5S/c1-3-4-5-14-7-9-15(10-8-14)18(22)19-20-27(25,26)16-11-6-13(2)17(12-16)21(23)24/h6-12,20H,3-5H2,1-2H3,(H,19,22). The molecule has 0 heterocycles. The number of nitrogens with one attached hydrogen (secondary N) is 2. The molecule has 0 saturated carbocycles. The molecule has 0 aliphatic heterocycles. The van der Waals surface area contributed by atoms with E-state index in [1.807, 2.05) is 17.0 Å². The Kier molecular flexibility index (Phi) is 6.65. The molecule has 2 rings (SSSR count). The number of hydrogen-bond donors (Lipinski definition) is 2. The minimum Gasteiger partial charge on any atom is -0.273 e. The van der Waals surface area contributed by atoms with Gasteiger partial charge in [-0.2, -0.15) is 0 Å².